The van der Waals surface area contributed by atoms with Crippen LogP contribution in [-0.2, 0) is 4.79 Å². The number of nitrogens with one attached hydrogen (secondary N) is 1. The molecule has 0 aromatic heterocycles. The van der Waals surface area contributed by atoms with Gasteiger partial charge < -0.3 is 10.1 Å². The molecule has 4 heteroatoms. The van der Waals surface area contributed by atoms with Crippen LogP contribution in [0.1, 0.15) is 24.2 Å². The fraction of sp³-hybridized carbons (Fsp3) is 0.273. The molecule has 1 N–H and O–H groups in total. The Morgan fingerprint density at radius 3 is 2.87 bits per heavy atom. The minimum Gasteiger partial charge on any atom is -0.478 e. The number of fused-ring (bicyclic) bond motifs is 1. The number of ether oxygens (including phenoxy) is 1. The summed E-state index contributed by atoms with van der Waals surface area (Å²) in [4.78, 5) is 22.6. The van der Waals surface area contributed by atoms with Gasteiger partial charge in [0.05, 0.1) is 11.3 Å². The van der Waals surface area contributed by atoms with E-state index >= 15 is 0 Å². The molecule has 0 saturated carbocycles. The van der Waals surface area contributed by atoms with Gasteiger partial charge in [-0.1, -0.05) is 6.07 Å². The molecule has 1 aromatic carbocycles. The Hall–Kier alpha value is -1.84. The van der Waals surface area contributed by atoms with Gasteiger partial charge in [-0.3, -0.25) is 9.59 Å². The Kier molecular flexibility index (Phi) is 2.19. The number of hydrogen-bond donors (Lipinski definition) is 1. The number of rotatable bonds is 1. The number of amides is 1. The fourth-order valence-electron chi connectivity index (χ4n) is 1.50. The summed E-state index contributed by atoms with van der Waals surface area (Å²) < 4.78 is 5.40. The van der Waals surface area contributed by atoms with Gasteiger partial charge in [-0.2, -0.15) is 0 Å². The van der Waals surface area contributed by atoms with E-state index in [9.17, 15) is 9.59 Å². The topological polar surface area (TPSA) is 55.4 Å². The highest BCUT2D eigenvalue weighted by atomic mass is 16.5. The van der Waals surface area contributed by atoms with E-state index in [2.05, 4.69) is 5.32 Å². The maximum absolute atomic E-state index is 11.3. The number of hydrogen-bond acceptors (Lipinski definition) is 3. The van der Waals surface area contributed by atoms with Crippen LogP contribution in [0.15, 0.2) is 18.2 Å². The lowest BCUT2D eigenvalue weighted by Gasteiger charge is -2.24. The maximum atomic E-state index is 11.3. The van der Waals surface area contributed by atoms with E-state index in [4.69, 9.17) is 4.74 Å². The van der Waals surface area contributed by atoms with E-state index in [0.29, 0.717) is 17.0 Å². The van der Waals surface area contributed by atoms with Crippen LogP contribution in [0.25, 0.3) is 0 Å². The molecule has 15 heavy (non-hydrogen) atoms. The highest BCUT2D eigenvalue weighted by Gasteiger charge is 2.26. The molecule has 1 atom stereocenters. The van der Waals surface area contributed by atoms with Crippen molar-refractivity contribution in [3.05, 3.63) is 23.8 Å². The monoisotopic (exact) mass is 205 g/mol. The van der Waals surface area contributed by atoms with E-state index in [1.807, 2.05) is 0 Å². The van der Waals surface area contributed by atoms with Gasteiger partial charge in [0.15, 0.2) is 17.6 Å². The van der Waals surface area contributed by atoms with Crippen LogP contribution in [0.5, 0.6) is 5.75 Å². The van der Waals surface area contributed by atoms with Crippen LogP contribution in [0.4, 0.5) is 5.69 Å². The number of anilines is 1. The fourth-order valence-corrected chi connectivity index (χ4v) is 1.50. The van der Waals surface area contributed by atoms with Gasteiger partial charge in [-0.25, -0.2) is 0 Å². The Morgan fingerprint density at radius 1 is 1.47 bits per heavy atom. The van der Waals surface area contributed by atoms with Crippen LogP contribution in [0, 0.1) is 0 Å². The smallest absolute Gasteiger partial charge is 0.265 e. The Morgan fingerprint density at radius 2 is 2.20 bits per heavy atom. The Labute approximate surface area is 87.2 Å². The number of carbonyl (C=O) groups excluding carboxylic acids is 2. The van der Waals surface area contributed by atoms with Crippen molar-refractivity contribution in [3.8, 4) is 5.75 Å². The maximum Gasteiger partial charge on any atom is 0.265 e. The van der Waals surface area contributed by atoms with E-state index in [1.165, 1.54) is 6.92 Å². The zero-order chi connectivity index (χ0) is 11.0. The Balaban J connectivity index is 2.52. The molecule has 0 saturated heterocycles. The summed E-state index contributed by atoms with van der Waals surface area (Å²) >= 11 is 0. The third-order valence-electron chi connectivity index (χ3n) is 2.32. The lowest BCUT2D eigenvalue weighted by Crippen LogP contribution is -2.35. The largest absolute Gasteiger partial charge is 0.478 e. The second-order valence-electron chi connectivity index (χ2n) is 3.49. The van der Waals surface area contributed by atoms with Gasteiger partial charge in [0.2, 0.25) is 0 Å². The third-order valence-corrected chi connectivity index (χ3v) is 2.32. The van der Waals surface area contributed by atoms with Crippen LogP contribution in [0.3, 0.4) is 0 Å². The van der Waals surface area contributed by atoms with Crippen molar-refractivity contribution in [2.24, 2.45) is 0 Å². The average molecular weight is 205 g/mol. The first-order valence-corrected chi connectivity index (χ1v) is 4.71. The third kappa shape index (κ3) is 1.58. The van der Waals surface area contributed by atoms with Crippen molar-refractivity contribution < 1.29 is 14.3 Å². The summed E-state index contributed by atoms with van der Waals surface area (Å²) in [7, 11) is 0. The van der Waals surface area contributed by atoms with Crippen molar-refractivity contribution in [3.63, 3.8) is 0 Å². The molecule has 1 aliphatic heterocycles. The van der Waals surface area contributed by atoms with E-state index < -0.39 is 6.10 Å². The highest BCUT2D eigenvalue weighted by molar-refractivity contribution is 6.03. The minimum atomic E-state index is -0.557. The summed E-state index contributed by atoms with van der Waals surface area (Å²) in [6.07, 6.45) is -0.557. The average Bonchev–Trinajstić information content (AvgIpc) is 2.18. The molecular weight excluding hydrogens is 194 g/mol. The molecule has 78 valence electrons. The van der Waals surface area contributed by atoms with Gasteiger partial charge in [0, 0.05) is 0 Å². The molecule has 0 radical (unpaired) electrons. The number of benzene rings is 1. The number of para-hydroxylation sites is 1. The second-order valence-corrected chi connectivity index (χ2v) is 3.49. The summed E-state index contributed by atoms with van der Waals surface area (Å²) in [5.74, 6) is 0.204. The van der Waals surface area contributed by atoms with Crippen LogP contribution < -0.4 is 10.1 Å². The summed E-state index contributed by atoms with van der Waals surface area (Å²) in [5, 5.41) is 2.69. The van der Waals surface area contributed by atoms with E-state index in [1.54, 1.807) is 25.1 Å². The molecule has 0 bridgehead atoms. The molecule has 1 aromatic rings. The molecule has 1 amide bonds. The first-order chi connectivity index (χ1) is 7.09. The molecule has 0 aliphatic carbocycles. The van der Waals surface area contributed by atoms with Gasteiger partial charge in [-0.15, -0.1) is 0 Å². The molecule has 2 rings (SSSR count). The van der Waals surface area contributed by atoms with Crippen LogP contribution in [-0.4, -0.2) is 17.8 Å². The van der Waals surface area contributed by atoms with Crippen molar-refractivity contribution in [2.75, 3.05) is 5.32 Å². The lowest BCUT2D eigenvalue weighted by molar-refractivity contribution is -0.122. The van der Waals surface area contributed by atoms with Crippen molar-refractivity contribution >= 4 is 17.4 Å². The van der Waals surface area contributed by atoms with E-state index in [-0.39, 0.29) is 11.7 Å². The number of carbonyl (C=O) groups is 2. The predicted molar refractivity (Wildman–Crippen MR) is 55.2 cm³/mol. The molecule has 4 nitrogen and oxygen atoms in total. The normalized spacial score (nSPS) is 18.8. The SMILES string of the molecule is CC(=O)c1cccc2c1OC(C)C(=O)N2. The zero-order valence-corrected chi connectivity index (χ0v) is 8.53. The summed E-state index contributed by atoms with van der Waals surface area (Å²) in [6, 6.07) is 5.12. The van der Waals surface area contributed by atoms with Crippen LogP contribution in [0.2, 0.25) is 0 Å². The molecule has 1 heterocycles. The number of Topliss-reactive ketones (excluding diaryl/α,β-unsaturated/α-hetero) is 1. The Bertz CT molecular complexity index is 439. The second kappa shape index (κ2) is 3.38. The first-order valence-electron chi connectivity index (χ1n) is 4.71. The van der Waals surface area contributed by atoms with Gasteiger partial charge in [0.25, 0.3) is 5.91 Å². The van der Waals surface area contributed by atoms with Crippen molar-refractivity contribution in [2.45, 2.75) is 20.0 Å². The highest BCUT2D eigenvalue weighted by Crippen LogP contribution is 2.33. The molecular formula is C11H11NO3. The van der Waals surface area contributed by atoms with E-state index in [0.717, 1.165) is 0 Å². The summed E-state index contributed by atoms with van der Waals surface area (Å²) in [6.45, 7) is 3.12. The summed E-state index contributed by atoms with van der Waals surface area (Å²) in [5.41, 5.74) is 1.06. The molecule has 1 unspecified atom stereocenters. The number of ketones is 1. The predicted octanol–water partition coefficient (Wildman–Crippen LogP) is 1.61. The molecule has 0 spiro atoms. The quantitative estimate of drug-likeness (QED) is 0.708. The van der Waals surface area contributed by atoms with Crippen LogP contribution >= 0.6 is 0 Å². The molecule has 0 fully saturated rings. The molecule has 1 aliphatic rings. The van der Waals surface area contributed by atoms with Crippen molar-refractivity contribution in [1.29, 1.82) is 0 Å². The van der Waals surface area contributed by atoms with Crippen molar-refractivity contribution in [1.82, 2.24) is 0 Å². The lowest BCUT2D eigenvalue weighted by atomic mass is 10.1. The van der Waals surface area contributed by atoms with Gasteiger partial charge >= 0.3 is 0 Å². The first kappa shape index (κ1) is 9.71. The zero-order valence-electron chi connectivity index (χ0n) is 8.53. The van der Waals surface area contributed by atoms with Gasteiger partial charge in [-0.05, 0) is 26.0 Å². The standard InChI is InChI=1S/C11H11NO3/c1-6(13)8-4-3-5-9-10(8)15-7(2)11(14)12-9/h3-5,7H,1-2H3,(H,12,14). The van der Waals surface area contributed by atoms with Gasteiger partial charge in [0.1, 0.15) is 0 Å². The minimum absolute atomic E-state index is 0.0739.